The molecule has 1 heterocycles. The zero-order valence-corrected chi connectivity index (χ0v) is 22.7. The monoisotopic (exact) mass is 580 g/mol. The van der Waals surface area contributed by atoms with Crippen molar-refractivity contribution in [1.82, 2.24) is 15.5 Å². The highest BCUT2D eigenvalue weighted by molar-refractivity contribution is 6.31. The van der Waals surface area contributed by atoms with E-state index in [0.717, 1.165) is 17.0 Å². The van der Waals surface area contributed by atoms with E-state index < -0.39 is 78.8 Å². The zero-order chi connectivity index (χ0) is 29.4. The van der Waals surface area contributed by atoms with E-state index in [1.54, 1.807) is 32.9 Å². The fourth-order valence-corrected chi connectivity index (χ4v) is 4.73. The van der Waals surface area contributed by atoms with Crippen molar-refractivity contribution in [3.63, 3.8) is 0 Å². The van der Waals surface area contributed by atoms with Gasteiger partial charge in [0.1, 0.15) is 23.5 Å². The molecule has 0 spiro atoms. The number of rotatable bonds is 6. The number of hydrogen-bond donors (Lipinski definition) is 2. The van der Waals surface area contributed by atoms with Gasteiger partial charge in [-0.15, -0.1) is 0 Å². The summed E-state index contributed by atoms with van der Waals surface area (Å²) in [6.45, 7) is 4.39. The number of alkyl halides is 2. The van der Waals surface area contributed by atoms with Gasteiger partial charge in [0.15, 0.2) is 0 Å². The third-order valence-corrected chi connectivity index (χ3v) is 6.63. The number of halogens is 4. The number of amides is 5. The Balaban J connectivity index is 1.72. The second-order valence-electron chi connectivity index (χ2n) is 10.7. The maximum atomic E-state index is 14.4. The summed E-state index contributed by atoms with van der Waals surface area (Å²) in [6, 6.07) is 6.30. The summed E-state index contributed by atoms with van der Waals surface area (Å²) in [6.07, 6.45) is -2.14. The highest BCUT2D eigenvalue weighted by atomic mass is 35.5. The van der Waals surface area contributed by atoms with Gasteiger partial charge in [0.25, 0.3) is 11.8 Å². The van der Waals surface area contributed by atoms with Crippen LogP contribution in [0.1, 0.15) is 45.2 Å². The Kier molecular flexibility index (Phi) is 8.02. The average Bonchev–Trinajstić information content (AvgIpc) is 3.22. The van der Waals surface area contributed by atoms with Crippen LogP contribution in [0.5, 0.6) is 0 Å². The van der Waals surface area contributed by atoms with E-state index in [1.807, 2.05) is 0 Å². The molecule has 40 heavy (non-hydrogen) atoms. The predicted octanol–water partition coefficient (Wildman–Crippen LogP) is 4.80. The summed E-state index contributed by atoms with van der Waals surface area (Å²) in [4.78, 5) is 54.5. The van der Waals surface area contributed by atoms with Gasteiger partial charge in [-0.3, -0.25) is 14.5 Å². The molecule has 2 aliphatic rings. The smallest absolute Gasteiger partial charge is 0.418 e. The van der Waals surface area contributed by atoms with Crippen LogP contribution >= 0.6 is 11.6 Å². The molecule has 214 valence electrons. The van der Waals surface area contributed by atoms with E-state index in [2.05, 4.69) is 10.6 Å². The largest absolute Gasteiger partial charge is 0.443 e. The minimum Gasteiger partial charge on any atom is -0.443 e. The van der Waals surface area contributed by atoms with Gasteiger partial charge in [0, 0.05) is 35.2 Å². The summed E-state index contributed by atoms with van der Waals surface area (Å²) >= 11 is 6.42. The zero-order valence-electron chi connectivity index (χ0n) is 21.9. The van der Waals surface area contributed by atoms with E-state index in [0.29, 0.717) is 4.90 Å². The Bertz CT molecular complexity index is 1330. The standard InChI is InChI=1S/C27H28ClF3N4O5/c1-26(2,3)40-25(39)34-14-20(33-24(34)38)23(37)35(17-8-6-7-15(29)11-17)21(18-9-4-5-10-19(18)28)22(36)32-16-12-27(30,31)13-16/h4-11,16,20-21H,12-14H2,1-3H3,(H,32,36)(H,33,38)/t20-,21-/m0/s1. The van der Waals surface area contributed by atoms with Crippen LogP contribution < -0.4 is 15.5 Å². The number of ether oxygens (including phenoxy) is 1. The second-order valence-corrected chi connectivity index (χ2v) is 11.1. The Morgan fingerprint density at radius 3 is 2.42 bits per heavy atom. The van der Waals surface area contributed by atoms with Crippen molar-refractivity contribution >= 4 is 41.2 Å². The molecule has 0 aromatic heterocycles. The van der Waals surface area contributed by atoms with E-state index in [1.165, 1.54) is 24.3 Å². The minimum atomic E-state index is -2.92. The van der Waals surface area contributed by atoms with E-state index in [-0.39, 0.29) is 16.3 Å². The van der Waals surface area contributed by atoms with Crippen molar-refractivity contribution in [3.8, 4) is 0 Å². The number of urea groups is 1. The summed E-state index contributed by atoms with van der Waals surface area (Å²) < 4.78 is 46.6. The van der Waals surface area contributed by atoms with Gasteiger partial charge in [-0.2, -0.15) is 0 Å². The number of carbonyl (C=O) groups excluding carboxylic acids is 4. The minimum absolute atomic E-state index is 0.0611. The van der Waals surface area contributed by atoms with Crippen molar-refractivity contribution in [2.75, 3.05) is 11.4 Å². The molecular formula is C27H28ClF3N4O5. The molecule has 2 atom stereocenters. The molecule has 5 amide bonds. The molecular weight excluding hydrogens is 553 g/mol. The molecule has 13 heteroatoms. The summed E-state index contributed by atoms with van der Waals surface area (Å²) in [7, 11) is 0. The van der Waals surface area contributed by atoms with Gasteiger partial charge in [-0.1, -0.05) is 35.9 Å². The fraction of sp³-hybridized carbons (Fsp3) is 0.407. The lowest BCUT2D eigenvalue weighted by Crippen LogP contribution is -2.56. The lowest BCUT2D eigenvalue weighted by Gasteiger charge is -2.38. The molecule has 9 nitrogen and oxygen atoms in total. The average molecular weight is 581 g/mol. The van der Waals surface area contributed by atoms with Crippen LogP contribution in [0.25, 0.3) is 0 Å². The number of nitrogens with one attached hydrogen (secondary N) is 2. The molecule has 1 aliphatic carbocycles. The third-order valence-electron chi connectivity index (χ3n) is 6.29. The van der Waals surface area contributed by atoms with Crippen molar-refractivity contribution in [1.29, 1.82) is 0 Å². The van der Waals surface area contributed by atoms with Crippen molar-refractivity contribution in [2.45, 2.75) is 63.3 Å². The molecule has 0 unspecified atom stereocenters. The van der Waals surface area contributed by atoms with Gasteiger partial charge in [-0.25, -0.2) is 27.7 Å². The molecule has 1 saturated carbocycles. The predicted molar refractivity (Wildman–Crippen MR) is 139 cm³/mol. The Labute approximate surface area is 233 Å². The third kappa shape index (κ3) is 6.49. The fourth-order valence-electron chi connectivity index (χ4n) is 4.49. The van der Waals surface area contributed by atoms with E-state index in [4.69, 9.17) is 16.3 Å². The van der Waals surface area contributed by atoms with Crippen molar-refractivity contribution in [2.24, 2.45) is 0 Å². The number of nitrogens with zero attached hydrogens (tertiary/aromatic N) is 2. The highest BCUT2D eigenvalue weighted by Crippen LogP contribution is 2.39. The molecule has 2 aromatic carbocycles. The molecule has 2 aromatic rings. The maximum absolute atomic E-state index is 14.4. The number of benzene rings is 2. The van der Waals surface area contributed by atoms with Crippen molar-refractivity contribution in [3.05, 3.63) is 64.9 Å². The molecule has 0 bridgehead atoms. The number of hydrogen-bond acceptors (Lipinski definition) is 5. The van der Waals surface area contributed by atoms with E-state index >= 15 is 0 Å². The summed E-state index contributed by atoms with van der Waals surface area (Å²) in [5, 5.41) is 5.02. The van der Waals surface area contributed by atoms with Gasteiger partial charge < -0.3 is 15.4 Å². The quantitative estimate of drug-likeness (QED) is 0.510. The lowest BCUT2D eigenvalue weighted by molar-refractivity contribution is -0.133. The Hall–Kier alpha value is -3.80. The normalized spacial score (nSPS) is 19.3. The molecule has 0 radical (unpaired) electrons. The van der Waals surface area contributed by atoms with Gasteiger partial charge in [0.2, 0.25) is 5.91 Å². The van der Waals surface area contributed by atoms with Crippen LogP contribution in [0.2, 0.25) is 5.02 Å². The molecule has 2 N–H and O–H groups in total. The van der Waals surface area contributed by atoms with E-state index in [9.17, 15) is 32.3 Å². The Morgan fingerprint density at radius 1 is 1.15 bits per heavy atom. The first-order chi connectivity index (χ1) is 18.6. The first-order valence-corrected chi connectivity index (χ1v) is 12.9. The van der Waals surface area contributed by atoms with Gasteiger partial charge in [-0.05, 0) is 45.0 Å². The molecule has 1 aliphatic heterocycles. The first kappa shape index (κ1) is 29.2. The lowest BCUT2D eigenvalue weighted by atomic mass is 9.87. The number of carbonyl (C=O) groups is 4. The van der Waals surface area contributed by atoms with Crippen LogP contribution in [0.4, 0.5) is 28.4 Å². The SMILES string of the molecule is CC(C)(C)OC(=O)N1C[C@@H](C(=O)N(c2cccc(F)c2)[C@H](C(=O)NC2CC(F)(F)C2)c2ccccc2Cl)NC1=O. The maximum Gasteiger partial charge on any atom is 0.418 e. The van der Waals surface area contributed by atoms with Crippen LogP contribution in [-0.4, -0.2) is 59.0 Å². The number of anilines is 1. The Morgan fingerprint density at radius 2 is 1.82 bits per heavy atom. The second kappa shape index (κ2) is 11.0. The summed E-state index contributed by atoms with van der Waals surface area (Å²) in [5.74, 6) is -5.35. The molecule has 2 fully saturated rings. The first-order valence-electron chi connectivity index (χ1n) is 12.5. The molecule has 1 saturated heterocycles. The van der Waals surface area contributed by atoms with Crippen LogP contribution in [0, 0.1) is 5.82 Å². The summed E-state index contributed by atoms with van der Waals surface area (Å²) in [5.41, 5.74) is -0.841. The highest BCUT2D eigenvalue weighted by Gasteiger charge is 2.48. The number of imide groups is 1. The topological polar surface area (TPSA) is 108 Å². The van der Waals surface area contributed by atoms with Crippen LogP contribution in [0.15, 0.2) is 48.5 Å². The molecule has 4 rings (SSSR count). The van der Waals surface area contributed by atoms with Gasteiger partial charge >= 0.3 is 12.1 Å². The van der Waals surface area contributed by atoms with Crippen LogP contribution in [0.3, 0.4) is 0 Å². The van der Waals surface area contributed by atoms with Gasteiger partial charge in [0.05, 0.1) is 6.54 Å². The van der Waals surface area contributed by atoms with Crippen LogP contribution in [-0.2, 0) is 14.3 Å². The van der Waals surface area contributed by atoms with Crippen molar-refractivity contribution < 1.29 is 37.1 Å².